The summed E-state index contributed by atoms with van der Waals surface area (Å²) in [6.07, 6.45) is 0. The molecule has 0 spiro atoms. The highest BCUT2D eigenvalue weighted by Crippen LogP contribution is 2.45. The number of benzene rings is 6. The summed E-state index contributed by atoms with van der Waals surface area (Å²) in [5.74, 6) is 0. The fourth-order valence-corrected chi connectivity index (χ4v) is 7.18. The average Bonchev–Trinajstić information content (AvgIpc) is 3.46. The van der Waals surface area contributed by atoms with Crippen LogP contribution in [0.25, 0.3) is 54.9 Å². The molecule has 6 heteroatoms. The predicted molar refractivity (Wildman–Crippen MR) is 209 cm³/mol. The highest BCUT2D eigenvalue weighted by molar-refractivity contribution is 6.62. The van der Waals surface area contributed by atoms with Gasteiger partial charge in [-0.15, -0.1) is 0 Å². The highest BCUT2D eigenvalue weighted by Gasteiger charge is 2.52. The van der Waals surface area contributed by atoms with E-state index >= 15 is 0 Å². The molecular formula is C44H44B2O4. The average molecular weight is 658 g/mol. The zero-order valence-electron chi connectivity index (χ0n) is 30.3. The van der Waals surface area contributed by atoms with Gasteiger partial charge < -0.3 is 18.6 Å². The van der Waals surface area contributed by atoms with E-state index in [0.29, 0.717) is 0 Å². The van der Waals surface area contributed by atoms with E-state index in [0.717, 1.165) is 22.1 Å². The molecule has 0 aromatic heterocycles. The molecule has 0 atom stereocenters. The fraction of sp³-hybridized carbons (Fsp3) is 0.273. The van der Waals surface area contributed by atoms with Crippen LogP contribution in [0.3, 0.4) is 0 Å². The molecule has 8 rings (SSSR count). The van der Waals surface area contributed by atoms with Crippen LogP contribution in [0, 0.1) is 0 Å². The molecule has 2 heterocycles. The van der Waals surface area contributed by atoms with Crippen LogP contribution in [0.15, 0.2) is 121 Å². The van der Waals surface area contributed by atoms with E-state index in [1.165, 1.54) is 43.8 Å². The molecule has 4 nitrogen and oxygen atoms in total. The van der Waals surface area contributed by atoms with Gasteiger partial charge in [0, 0.05) is 0 Å². The first-order valence-electron chi connectivity index (χ1n) is 17.7. The van der Waals surface area contributed by atoms with Crippen LogP contribution in [-0.2, 0) is 18.6 Å². The lowest BCUT2D eigenvalue weighted by molar-refractivity contribution is 0.00578. The lowest BCUT2D eigenvalue weighted by atomic mass is 9.77. The molecule has 2 aliphatic rings. The van der Waals surface area contributed by atoms with Crippen molar-refractivity contribution in [3.8, 4) is 33.4 Å². The third kappa shape index (κ3) is 5.41. The SMILES string of the molecule is CC1(C)OB(c2ccc(-c3c4ccccc4c(-c4ccc(B5OC(C)(C)C(C)(C)O5)cc4)c4cc(-c5ccccc5)ccc34)cc2)OC1(C)C. The van der Waals surface area contributed by atoms with E-state index in [2.05, 4.69) is 177 Å². The van der Waals surface area contributed by atoms with Crippen molar-refractivity contribution in [1.82, 2.24) is 0 Å². The molecule has 0 saturated carbocycles. The summed E-state index contributed by atoms with van der Waals surface area (Å²) in [6.45, 7) is 16.7. The van der Waals surface area contributed by atoms with Crippen molar-refractivity contribution in [2.24, 2.45) is 0 Å². The van der Waals surface area contributed by atoms with Crippen molar-refractivity contribution in [3.63, 3.8) is 0 Å². The second-order valence-corrected chi connectivity index (χ2v) is 15.8. The topological polar surface area (TPSA) is 36.9 Å². The van der Waals surface area contributed by atoms with Gasteiger partial charge in [0.15, 0.2) is 0 Å². The molecule has 6 aromatic rings. The third-order valence-electron chi connectivity index (χ3n) is 11.6. The van der Waals surface area contributed by atoms with Crippen molar-refractivity contribution < 1.29 is 18.6 Å². The van der Waals surface area contributed by atoms with Gasteiger partial charge in [-0.25, -0.2) is 0 Å². The molecule has 0 unspecified atom stereocenters. The first kappa shape index (κ1) is 33.0. The lowest BCUT2D eigenvalue weighted by Gasteiger charge is -2.32. The highest BCUT2D eigenvalue weighted by atomic mass is 16.7. The van der Waals surface area contributed by atoms with Crippen molar-refractivity contribution in [1.29, 1.82) is 0 Å². The summed E-state index contributed by atoms with van der Waals surface area (Å²) in [4.78, 5) is 0. The van der Waals surface area contributed by atoms with Crippen LogP contribution in [0.4, 0.5) is 0 Å². The number of rotatable bonds is 5. The molecular weight excluding hydrogens is 614 g/mol. The number of fused-ring (bicyclic) bond motifs is 2. The molecule has 2 fully saturated rings. The Morgan fingerprint density at radius 3 is 1.14 bits per heavy atom. The van der Waals surface area contributed by atoms with Crippen LogP contribution in [0.5, 0.6) is 0 Å². The van der Waals surface area contributed by atoms with Gasteiger partial charge in [-0.05, 0) is 127 Å². The van der Waals surface area contributed by atoms with Crippen LogP contribution in [-0.4, -0.2) is 36.6 Å². The van der Waals surface area contributed by atoms with Crippen LogP contribution >= 0.6 is 0 Å². The lowest BCUT2D eigenvalue weighted by Crippen LogP contribution is -2.41. The Morgan fingerprint density at radius 2 is 0.700 bits per heavy atom. The Morgan fingerprint density at radius 1 is 0.340 bits per heavy atom. The predicted octanol–water partition coefficient (Wildman–Crippen LogP) is 9.59. The summed E-state index contributed by atoms with van der Waals surface area (Å²) in [6, 6.07) is 43.8. The molecule has 250 valence electrons. The van der Waals surface area contributed by atoms with E-state index in [1.807, 2.05) is 0 Å². The minimum Gasteiger partial charge on any atom is -0.399 e. The van der Waals surface area contributed by atoms with Gasteiger partial charge >= 0.3 is 14.2 Å². The maximum Gasteiger partial charge on any atom is 0.494 e. The van der Waals surface area contributed by atoms with Crippen molar-refractivity contribution in [2.45, 2.75) is 77.8 Å². The molecule has 0 aliphatic carbocycles. The van der Waals surface area contributed by atoms with Crippen molar-refractivity contribution in [3.05, 3.63) is 121 Å². The quantitative estimate of drug-likeness (QED) is 0.137. The number of hydrogen-bond donors (Lipinski definition) is 0. The summed E-state index contributed by atoms with van der Waals surface area (Å²) in [5, 5.41) is 4.83. The zero-order valence-corrected chi connectivity index (χ0v) is 30.3. The van der Waals surface area contributed by atoms with Crippen LogP contribution < -0.4 is 10.9 Å². The maximum absolute atomic E-state index is 6.39. The first-order valence-corrected chi connectivity index (χ1v) is 17.7. The summed E-state index contributed by atoms with van der Waals surface area (Å²) < 4.78 is 25.5. The standard InChI is InChI=1S/C44H44B2O4/c1-41(2)42(3,4)48-45(47-41)33-23-18-30(19-24-33)39-35-16-12-13-17-36(35)40(38-28-32(22-27-37(38)39)29-14-10-9-11-15-29)31-20-25-34(26-21-31)46-49-43(5,6)44(7,8)50-46/h9-28H,1-8H3. The molecule has 0 radical (unpaired) electrons. The summed E-state index contributed by atoms with van der Waals surface area (Å²) >= 11 is 0. The Hall–Kier alpha value is -4.19. The Balaban J connectivity index is 1.28. The van der Waals surface area contributed by atoms with Gasteiger partial charge in [0.05, 0.1) is 22.4 Å². The van der Waals surface area contributed by atoms with E-state index in [1.54, 1.807) is 0 Å². The Kier molecular flexibility index (Phi) is 7.70. The smallest absolute Gasteiger partial charge is 0.399 e. The van der Waals surface area contributed by atoms with E-state index in [9.17, 15) is 0 Å². The van der Waals surface area contributed by atoms with Crippen LogP contribution in [0.2, 0.25) is 0 Å². The monoisotopic (exact) mass is 658 g/mol. The normalized spacial score (nSPS) is 19.0. The van der Waals surface area contributed by atoms with Gasteiger partial charge in [-0.2, -0.15) is 0 Å². The Bertz CT molecular complexity index is 2190. The second kappa shape index (κ2) is 11.7. The second-order valence-electron chi connectivity index (χ2n) is 15.8. The van der Waals surface area contributed by atoms with E-state index in [-0.39, 0.29) is 0 Å². The van der Waals surface area contributed by atoms with E-state index in [4.69, 9.17) is 18.6 Å². The fourth-order valence-electron chi connectivity index (χ4n) is 7.18. The third-order valence-corrected chi connectivity index (χ3v) is 11.6. The maximum atomic E-state index is 6.39. The molecule has 50 heavy (non-hydrogen) atoms. The van der Waals surface area contributed by atoms with E-state index < -0.39 is 36.6 Å². The Labute approximate surface area is 297 Å². The van der Waals surface area contributed by atoms with Gasteiger partial charge in [0.25, 0.3) is 0 Å². The zero-order chi connectivity index (χ0) is 35.1. The number of hydrogen-bond acceptors (Lipinski definition) is 4. The van der Waals surface area contributed by atoms with Gasteiger partial charge in [0.1, 0.15) is 0 Å². The molecule has 0 bridgehead atoms. The summed E-state index contributed by atoms with van der Waals surface area (Å²) in [7, 11) is -0.812. The first-order chi connectivity index (χ1) is 23.7. The molecule has 0 N–H and O–H groups in total. The molecule has 0 amide bonds. The van der Waals surface area contributed by atoms with Gasteiger partial charge in [-0.1, -0.05) is 115 Å². The van der Waals surface area contributed by atoms with Crippen molar-refractivity contribution >= 4 is 46.7 Å². The van der Waals surface area contributed by atoms with Crippen LogP contribution in [0.1, 0.15) is 55.4 Å². The molecule has 6 aromatic carbocycles. The minimum absolute atomic E-state index is 0.391. The largest absolute Gasteiger partial charge is 0.494 e. The summed E-state index contributed by atoms with van der Waals surface area (Å²) in [5.41, 5.74) is 7.58. The molecule has 2 aliphatic heterocycles. The molecule has 2 saturated heterocycles. The van der Waals surface area contributed by atoms with Crippen molar-refractivity contribution in [2.75, 3.05) is 0 Å². The minimum atomic E-state index is -0.408. The van der Waals surface area contributed by atoms with Gasteiger partial charge in [-0.3, -0.25) is 0 Å². The van der Waals surface area contributed by atoms with Gasteiger partial charge in [0.2, 0.25) is 0 Å².